The molecule has 6 heteroatoms. The summed E-state index contributed by atoms with van der Waals surface area (Å²) in [6.07, 6.45) is 0.539. The number of aromatic nitrogens is 2. The highest BCUT2D eigenvalue weighted by molar-refractivity contribution is 9.10. The van der Waals surface area contributed by atoms with E-state index in [1.54, 1.807) is 11.3 Å². The molecule has 0 saturated heterocycles. The van der Waals surface area contributed by atoms with Crippen LogP contribution in [0.15, 0.2) is 22.1 Å². The van der Waals surface area contributed by atoms with Gasteiger partial charge < -0.3 is 9.67 Å². The Kier molecular flexibility index (Phi) is 3.63. The maximum Gasteiger partial charge on any atom is 0.303 e. The summed E-state index contributed by atoms with van der Waals surface area (Å²) in [5.41, 5.74) is 0.878. The van der Waals surface area contributed by atoms with Gasteiger partial charge in [-0.3, -0.25) is 4.79 Å². The van der Waals surface area contributed by atoms with Crippen LogP contribution in [0.25, 0.3) is 10.6 Å². The molecule has 4 nitrogen and oxygen atoms in total. The lowest BCUT2D eigenvalue weighted by Crippen LogP contribution is -2.03. The second kappa shape index (κ2) is 5.01. The average Bonchev–Trinajstić information content (AvgIpc) is 2.88. The quantitative estimate of drug-likeness (QED) is 0.944. The zero-order valence-corrected chi connectivity index (χ0v) is 11.6. The summed E-state index contributed by atoms with van der Waals surface area (Å²) in [6.45, 7) is 0. The summed E-state index contributed by atoms with van der Waals surface area (Å²) >= 11 is 5.10. The highest BCUT2D eigenvalue weighted by atomic mass is 79.9. The SMILES string of the molecule is Cn1c(CCC(=O)O)nc(-c2cccs2)c1Br. The number of thiophene rings is 1. The van der Waals surface area contributed by atoms with Crippen LogP contribution in [0.3, 0.4) is 0 Å². The van der Waals surface area contributed by atoms with Gasteiger partial charge in [-0.05, 0) is 27.4 Å². The normalized spacial score (nSPS) is 10.7. The molecule has 0 spiro atoms. The van der Waals surface area contributed by atoms with Crippen LogP contribution >= 0.6 is 27.3 Å². The molecule has 0 bridgehead atoms. The van der Waals surface area contributed by atoms with Crippen LogP contribution in [-0.4, -0.2) is 20.6 Å². The molecule has 17 heavy (non-hydrogen) atoms. The topological polar surface area (TPSA) is 55.1 Å². The van der Waals surface area contributed by atoms with E-state index in [1.807, 2.05) is 29.1 Å². The zero-order chi connectivity index (χ0) is 12.4. The molecule has 2 rings (SSSR count). The number of aliphatic carboxylic acids is 1. The van der Waals surface area contributed by atoms with Crippen molar-refractivity contribution in [2.45, 2.75) is 12.8 Å². The molecule has 2 aromatic heterocycles. The molecule has 1 N–H and O–H groups in total. The minimum absolute atomic E-state index is 0.0984. The van der Waals surface area contributed by atoms with Crippen molar-refractivity contribution in [1.29, 1.82) is 0 Å². The van der Waals surface area contributed by atoms with Crippen LogP contribution < -0.4 is 0 Å². The van der Waals surface area contributed by atoms with Crippen molar-refractivity contribution >= 4 is 33.2 Å². The van der Waals surface area contributed by atoms with E-state index in [4.69, 9.17) is 5.11 Å². The van der Waals surface area contributed by atoms with Crippen molar-refractivity contribution in [3.63, 3.8) is 0 Å². The molecule has 0 aliphatic rings. The lowest BCUT2D eigenvalue weighted by molar-refractivity contribution is -0.137. The van der Waals surface area contributed by atoms with Crippen molar-refractivity contribution in [2.24, 2.45) is 7.05 Å². The highest BCUT2D eigenvalue weighted by Gasteiger charge is 2.15. The molecule has 90 valence electrons. The molecule has 0 saturated carbocycles. The van der Waals surface area contributed by atoms with Gasteiger partial charge >= 0.3 is 5.97 Å². The molecule has 0 atom stereocenters. The summed E-state index contributed by atoms with van der Waals surface area (Å²) in [6, 6.07) is 3.97. The fraction of sp³-hybridized carbons (Fsp3) is 0.273. The van der Waals surface area contributed by atoms with E-state index >= 15 is 0 Å². The Labute approximate surface area is 111 Å². The molecule has 2 aromatic rings. The van der Waals surface area contributed by atoms with Crippen LogP contribution in [0.4, 0.5) is 0 Å². The van der Waals surface area contributed by atoms with E-state index < -0.39 is 5.97 Å². The molecule has 2 heterocycles. The van der Waals surface area contributed by atoms with Crippen molar-refractivity contribution < 1.29 is 9.90 Å². The Hall–Kier alpha value is -1.14. The lowest BCUT2D eigenvalue weighted by Gasteiger charge is -1.99. The number of halogens is 1. The molecule has 0 radical (unpaired) electrons. The first-order valence-corrected chi connectivity index (χ1v) is 6.73. The van der Waals surface area contributed by atoms with Crippen LogP contribution in [0.5, 0.6) is 0 Å². The lowest BCUT2D eigenvalue weighted by atomic mass is 10.3. The molecular weight excluding hydrogens is 304 g/mol. The minimum Gasteiger partial charge on any atom is -0.481 e. The van der Waals surface area contributed by atoms with Crippen LogP contribution in [0.2, 0.25) is 0 Å². The van der Waals surface area contributed by atoms with Crippen molar-refractivity contribution in [3.05, 3.63) is 27.9 Å². The Morgan fingerprint density at radius 2 is 2.41 bits per heavy atom. The molecule has 0 fully saturated rings. The number of nitrogens with zero attached hydrogens (tertiary/aromatic N) is 2. The van der Waals surface area contributed by atoms with Gasteiger partial charge in [0.1, 0.15) is 16.1 Å². The van der Waals surface area contributed by atoms with Gasteiger partial charge in [-0.15, -0.1) is 11.3 Å². The number of carbonyl (C=O) groups is 1. The number of rotatable bonds is 4. The van der Waals surface area contributed by atoms with Gasteiger partial charge in [-0.1, -0.05) is 6.07 Å². The summed E-state index contributed by atoms with van der Waals surface area (Å²) in [5.74, 6) is -0.0236. The first kappa shape index (κ1) is 12.3. The van der Waals surface area contributed by atoms with E-state index in [1.165, 1.54) is 0 Å². The second-order valence-corrected chi connectivity index (χ2v) is 5.30. The number of hydrogen-bond acceptors (Lipinski definition) is 3. The van der Waals surface area contributed by atoms with E-state index in [0.717, 1.165) is 21.0 Å². The van der Waals surface area contributed by atoms with Gasteiger partial charge in [0.2, 0.25) is 0 Å². The maximum atomic E-state index is 10.6. The monoisotopic (exact) mass is 314 g/mol. The van der Waals surface area contributed by atoms with Gasteiger partial charge in [0.25, 0.3) is 0 Å². The van der Waals surface area contributed by atoms with Crippen molar-refractivity contribution in [1.82, 2.24) is 9.55 Å². The summed E-state index contributed by atoms with van der Waals surface area (Å²) in [4.78, 5) is 16.1. The number of carboxylic acid groups (broad SMARTS) is 1. The number of aryl methyl sites for hydroxylation is 1. The molecule has 0 aromatic carbocycles. The first-order chi connectivity index (χ1) is 8.09. The minimum atomic E-state index is -0.804. The highest BCUT2D eigenvalue weighted by Crippen LogP contribution is 2.31. The Morgan fingerprint density at radius 3 is 3.00 bits per heavy atom. The zero-order valence-electron chi connectivity index (χ0n) is 9.18. The van der Waals surface area contributed by atoms with Gasteiger partial charge in [0, 0.05) is 13.5 Å². The van der Waals surface area contributed by atoms with Gasteiger partial charge in [-0.2, -0.15) is 0 Å². The largest absolute Gasteiger partial charge is 0.481 e. The van der Waals surface area contributed by atoms with Crippen LogP contribution in [0.1, 0.15) is 12.2 Å². The van der Waals surface area contributed by atoms with E-state index in [9.17, 15) is 4.79 Å². The molecule has 0 aliphatic carbocycles. The Morgan fingerprint density at radius 1 is 1.65 bits per heavy atom. The van der Waals surface area contributed by atoms with Crippen LogP contribution in [-0.2, 0) is 18.3 Å². The standard InChI is InChI=1S/C11H11BrN2O2S/c1-14-8(4-5-9(15)16)13-10(11(14)12)7-3-2-6-17-7/h2-3,6H,4-5H2,1H3,(H,15,16). The van der Waals surface area contributed by atoms with Crippen LogP contribution in [0, 0.1) is 0 Å². The predicted octanol–water partition coefficient (Wildman–Crippen LogP) is 2.93. The van der Waals surface area contributed by atoms with E-state index in [-0.39, 0.29) is 6.42 Å². The van der Waals surface area contributed by atoms with Crippen molar-refractivity contribution in [3.8, 4) is 10.6 Å². The molecular formula is C11H11BrN2O2S. The van der Waals surface area contributed by atoms with Crippen molar-refractivity contribution in [2.75, 3.05) is 0 Å². The third kappa shape index (κ3) is 2.58. The smallest absolute Gasteiger partial charge is 0.303 e. The van der Waals surface area contributed by atoms with Gasteiger partial charge in [-0.25, -0.2) is 4.98 Å². The van der Waals surface area contributed by atoms with Gasteiger partial charge in [0.05, 0.1) is 11.3 Å². The summed E-state index contributed by atoms with van der Waals surface area (Å²) in [7, 11) is 1.88. The number of hydrogen-bond donors (Lipinski definition) is 1. The average molecular weight is 315 g/mol. The van der Waals surface area contributed by atoms with Gasteiger partial charge in [0.15, 0.2) is 0 Å². The third-order valence-corrected chi connectivity index (χ3v) is 4.22. The predicted molar refractivity (Wildman–Crippen MR) is 70.2 cm³/mol. The molecule has 0 aliphatic heterocycles. The maximum absolute atomic E-state index is 10.6. The Balaban J connectivity index is 2.31. The first-order valence-electron chi connectivity index (χ1n) is 5.06. The fourth-order valence-electron chi connectivity index (χ4n) is 1.53. The summed E-state index contributed by atoms with van der Waals surface area (Å²) < 4.78 is 2.78. The number of carboxylic acids is 1. The molecule has 0 amide bonds. The molecule has 0 unspecified atom stereocenters. The fourth-order valence-corrected chi connectivity index (χ4v) is 2.89. The van der Waals surface area contributed by atoms with E-state index in [0.29, 0.717) is 6.42 Å². The third-order valence-electron chi connectivity index (χ3n) is 2.43. The van der Waals surface area contributed by atoms with E-state index in [2.05, 4.69) is 20.9 Å². The summed E-state index contributed by atoms with van der Waals surface area (Å²) in [5, 5.41) is 10.7. The number of imidazole rings is 1. The Bertz CT molecular complexity index is 534. The second-order valence-electron chi connectivity index (χ2n) is 3.60.